The van der Waals surface area contributed by atoms with Crippen LogP contribution >= 0.6 is 0 Å². The maximum Gasteiger partial charge on any atom is 0.331 e. The molecule has 0 aliphatic carbocycles. The molecule has 72 valence electrons. The van der Waals surface area contributed by atoms with E-state index in [0.717, 1.165) is 12.8 Å². The zero-order valence-electron chi connectivity index (χ0n) is 8.30. The Kier molecular flexibility index (Phi) is 8.02. The van der Waals surface area contributed by atoms with Gasteiger partial charge in [0.1, 0.15) is 0 Å². The van der Waals surface area contributed by atoms with Crippen LogP contribution in [0.3, 0.4) is 0 Å². The lowest BCUT2D eigenvalue weighted by Gasteiger charge is -1.87. The summed E-state index contributed by atoms with van der Waals surface area (Å²) in [6.07, 6.45) is 7.31. The Morgan fingerprint density at radius 1 is 1.46 bits per heavy atom. The zero-order chi connectivity index (χ0) is 9.94. The molecule has 0 saturated heterocycles. The van der Waals surface area contributed by atoms with E-state index in [0.29, 0.717) is 0 Å². The minimum atomic E-state index is -0.358. The van der Waals surface area contributed by atoms with Crippen LogP contribution in [-0.2, 0) is 9.53 Å². The molecule has 0 aromatic rings. The monoisotopic (exact) mass is 180 g/mol. The quantitative estimate of drug-likeness (QED) is 0.287. The van der Waals surface area contributed by atoms with Crippen molar-refractivity contribution in [1.82, 2.24) is 0 Å². The molecule has 0 aliphatic heterocycles. The number of hydrogen-bond donors (Lipinski definition) is 0. The zero-order valence-corrected chi connectivity index (χ0v) is 8.30. The smallest absolute Gasteiger partial charge is 0.331 e. The van der Waals surface area contributed by atoms with Gasteiger partial charge in [-0.15, -0.1) is 0 Å². The average molecular weight is 180 g/mol. The predicted octanol–water partition coefficient (Wildman–Crippen LogP) is 2.30. The third-order valence-corrected chi connectivity index (χ3v) is 1.51. The van der Waals surface area contributed by atoms with Gasteiger partial charge in [-0.2, -0.15) is 0 Å². The Morgan fingerprint density at radius 2 is 2.23 bits per heavy atom. The molecule has 0 rings (SSSR count). The summed E-state index contributed by atoms with van der Waals surface area (Å²) in [5.74, 6) is 5.37. The molecule has 13 heavy (non-hydrogen) atoms. The minimum Gasteiger partial charge on any atom is -0.466 e. The third kappa shape index (κ3) is 8.68. The van der Waals surface area contributed by atoms with Crippen LogP contribution < -0.4 is 0 Å². The molecule has 0 fully saturated rings. The molecule has 0 amide bonds. The molecule has 0 N–H and O–H groups in total. The molecule has 0 unspecified atom stereocenters. The first-order chi connectivity index (χ1) is 6.31. The van der Waals surface area contributed by atoms with E-state index < -0.39 is 0 Å². The lowest BCUT2D eigenvalue weighted by molar-refractivity contribution is -0.134. The first-order valence-electron chi connectivity index (χ1n) is 4.54. The predicted molar refractivity (Wildman–Crippen MR) is 53.1 cm³/mol. The van der Waals surface area contributed by atoms with Gasteiger partial charge in [-0.25, -0.2) is 4.79 Å². The van der Waals surface area contributed by atoms with Crippen molar-refractivity contribution in [2.45, 2.75) is 32.6 Å². The summed E-state index contributed by atoms with van der Waals surface area (Å²) in [4.78, 5) is 10.6. The van der Waals surface area contributed by atoms with Gasteiger partial charge in [0, 0.05) is 12.5 Å². The second kappa shape index (κ2) is 8.86. The summed E-state index contributed by atoms with van der Waals surface area (Å²) < 4.78 is 4.40. The average Bonchev–Trinajstić information content (AvgIpc) is 2.16. The fourth-order valence-electron chi connectivity index (χ4n) is 0.772. The van der Waals surface area contributed by atoms with E-state index in [4.69, 9.17) is 0 Å². The molecule has 0 bridgehead atoms. The van der Waals surface area contributed by atoms with Gasteiger partial charge < -0.3 is 4.74 Å². The van der Waals surface area contributed by atoms with Gasteiger partial charge in [0.25, 0.3) is 0 Å². The molecule has 0 aromatic carbocycles. The van der Waals surface area contributed by atoms with Crippen molar-refractivity contribution in [3.63, 3.8) is 0 Å². The van der Waals surface area contributed by atoms with Crippen molar-refractivity contribution in [1.29, 1.82) is 0 Å². The Hall–Kier alpha value is -1.23. The fraction of sp³-hybridized carbons (Fsp3) is 0.545. The summed E-state index contributed by atoms with van der Waals surface area (Å²) in [5.41, 5.74) is 0. The van der Waals surface area contributed by atoms with Crippen molar-refractivity contribution in [3.05, 3.63) is 12.2 Å². The van der Waals surface area contributed by atoms with Crippen molar-refractivity contribution in [2.75, 3.05) is 7.11 Å². The Bertz CT molecular complexity index is 218. The standard InChI is InChI=1S/C11H16O2/c1-3-4-5-6-7-8-9-10-11(12)13-2/h9-10H,3-6H2,1-2H3. The normalized spacial score (nSPS) is 9.38. The van der Waals surface area contributed by atoms with Crippen molar-refractivity contribution in [2.24, 2.45) is 0 Å². The molecule has 0 aliphatic rings. The number of unbranched alkanes of at least 4 members (excludes halogenated alkanes) is 3. The van der Waals surface area contributed by atoms with Gasteiger partial charge in [0.2, 0.25) is 0 Å². The van der Waals surface area contributed by atoms with Gasteiger partial charge in [0.15, 0.2) is 0 Å². The summed E-state index contributed by atoms with van der Waals surface area (Å²) in [6, 6.07) is 0. The molecular formula is C11H16O2. The van der Waals surface area contributed by atoms with Crippen LogP contribution in [0.25, 0.3) is 0 Å². The number of ether oxygens (including phenoxy) is 1. The molecule has 0 spiro atoms. The molecule has 2 nitrogen and oxygen atoms in total. The van der Waals surface area contributed by atoms with E-state index in [9.17, 15) is 4.79 Å². The minimum absolute atomic E-state index is 0.358. The number of carbonyl (C=O) groups is 1. The van der Waals surface area contributed by atoms with Crippen LogP contribution in [0, 0.1) is 11.8 Å². The van der Waals surface area contributed by atoms with Gasteiger partial charge >= 0.3 is 5.97 Å². The van der Waals surface area contributed by atoms with E-state index in [1.807, 2.05) is 0 Å². The van der Waals surface area contributed by atoms with Crippen LogP contribution in [-0.4, -0.2) is 13.1 Å². The highest BCUT2D eigenvalue weighted by atomic mass is 16.5. The van der Waals surface area contributed by atoms with E-state index in [2.05, 4.69) is 23.5 Å². The molecule has 0 radical (unpaired) electrons. The number of rotatable bonds is 4. The van der Waals surface area contributed by atoms with E-state index >= 15 is 0 Å². The van der Waals surface area contributed by atoms with Crippen LogP contribution in [0.1, 0.15) is 32.6 Å². The summed E-state index contributed by atoms with van der Waals surface area (Å²) in [6.45, 7) is 2.16. The summed E-state index contributed by atoms with van der Waals surface area (Å²) in [5, 5.41) is 0. The van der Waals surface area contributed by atoms with Crippen molar-refractivity contribution in [3.8, 4) is 11.8 Å². The van der Waals surface area contributed by atoms with Crippen LogP contribution in [0.5, 0.6) is 0 Å². The first kappa shape index (κ1) is 11.8. The number of hydrogen-bond acceptors (Lipinski definition) is 2. The van der Waals surface area contributed by atoms with Crippen LogP contribution in [0.2, 0.25) is 0 Å². The first-order valence-corrected chi connectivity index (χ1v) is 4.54. The highest BCUT2D eigenvalue weighted by molar-refractivity contribution is 5.82. The Balaban J connectivity index is 3.49. The second-order valence-electron chi connectivity index (χ2n) is 2.63. The highest BCUT2D eigenvalue weighted by Gasteiger charge is 1.86. The second-order valence-corrected chi connectivity index (χ2v) is 2.63. The Morgan fingerprint density at radius 3 is 2.85 bits per heavy atom. The van der Waals surface area contributed by atoms with Crippen LogP contribution in [0.15, 0.2) is 12.2 Å². The number of esters is 1. The molecule has 0 atom stereocenters. The van der Waals surface area contributed by atoms with Gasteiger partial charge in [-0.3, -0.25) is 0 Å². The summed E-state index contributed by atoms with van der Waals surface area (Å²) in [7, 11) is 1.35. The van der Waals surface area contributed by atoms with Crippen molar-refractivity contribution >= 4 is 5.97 Å². The third-order valence-electron chi connectivity index (χ3n) is 1.51. The van der Waals surface area contributed by atoms with E-state index in [1.165, 1.54) is 32.1 Å². The molecule has 2 heteroatoms. The number of carbonyl (C=O) groups excluding carboxylic acids is 1. The van der Waals surface area contributed by atoms with Gasteiger partial charge in [0.05, 0.1) is 7.11 Å². The van der Waals surface area contributed by atoms with Gasteiger partial charge in [-0.05, 0) is 12.5 Å². The molecular weight excluding hydrogens is 164 g/mol. The van der Waals surface area contributed by atoms with Gasteiger partial charge in [-0.1, -0.05) is 31.6 Å². The highest BCUT2D eigenvalue weighted by Crippen LogP contribution is 1.96. The Labute approximate surface area is 80.0 Å². The lowest BCUT2D eigenvalue weighted by atomic mass is 10.2. The lowest BCUT2D eigenvalue weighted by Crippen LogP contribution is -1.92. The molecule has 0 heterocycles. The van der Waals surface area contributed by atoms with E-state index in [-0.39, 0.29) is 5.97 Å². The maximum atomic E-state index is 10.6. The number of methoxy groups -OCH3 is 1. The largest absolute Gasteiger partial charge is 0.466 e. The fourth-order valence-corrected chi connectivity index (χ4v) is 0.772. The summed E-state index contributed by atoms with van der Waals surface area (Å²) >= 11 is 0. The SMILES string of the molecule is CCCCCC#CC=CC(=O)OC. The van der Waals surface area contributed by atoms with E-state index in [1.54, 1.807) is 0 Å². The maximum absolute atomic E-state index is 10.6. The molecule has 0 saturated carbocycles. The molecule has 0 aromatic heterocycles. The number of allylic oxidation sites excluding steroid dienone is 1. The topological polar surface area (TPSA) is 26.3 Å². The van der Waals surface area contributed by atoms with Crippen molar-refractivity contribution < 1.29 is 9.53 Å². The van der Waals surface area contributed by atoms with Crippen LogP contribution in [0.4, 0.5) is 0 Å².